The number of aryl methyl sites for hydroxylation is 1. The Morgan fingerprint density at radius 3 is 2.32 bits per heavy atom. The van der Waals surface area contributed by atoms with Gasteiger partial charge < -0.3 is 10.1 Å². The first-order valence-corrected chi connectivity index (χ1v) is 8.28. The number of nitrogens with one attached hydrogen (secondary N) is 1. The maximum Gasteiger partial charge on any atom is 0.416 e. The van der Waals surface area contributed by atoms with Gasteiger partial charge in [-0.2, -0.15) is 13.2 Å². The van der Waals surface area contributed by atoms with Gasteiger partial charge in [-0.3, -0.25) is 0 Å². The molecule has 0 spiro atoms. The van der Waals surface area contributed by atoms with Gasteiger partial charge in [0, 0.05) is 5.54 Å². The van der Waals surface area contributed by atoms with Crippen LogP contribution < -0.4 is 10.1 Å². The Balaban J connectivity index is 1.90. The molecular weight excluding hydrogens is 327 g/mol. The van der Waals surface area contributed by atoms with Crippen molar-refractivity contribution in [3.05, 3.63) is 65.2 Å². The third kappa shape index (κ3) is 5.49. The van der Waals surface area contributed by atoms with E-state index >= 15 is 0 Å². The van der Waals surface area contributed by atoms with Crippen molar-refractivity contribution in [2.45, 2.75) is 38.4 Å². The molecule has 0 heterocycles. The van der Waals surface area contributed by atoms with Crippen molar-refractivity contribution in [3.8, 4) is 5.75 Å². The van der Waals surface area contributed by atoms with Crippen LogP contribution in [0.2, 0.25) is 0 Å². The minimum Gasteiger partial charge on any atom is -0.497 e. The molecule has 0 bridgehead atoms. The number of methoxy groups -OCH3 is 1. The van der Waals surface area contributed by atoms with Crippen LogP contribution >= 0.6 is 0 Å². The number of alkyl halides is 3. The summed E-state index contributed by atoms with van der Waals surface area (Å²) in [6, 6.07) is 13.4. The summed E-state index contributed by atoms with van der Waals surface area (Å²) in [5, 5.41) is 3.46. The second-order valence-electron chi connectivity index (χ2n) is 6.59. The average Bonchev–Trinajstić information content (AvgIpc) is 2.58. The van der Waals surface area contributed by atoms with Crippen LogP contribution in [0.3, 0.4) is 0 Å². The zero-order valence-corrected chi connectivity index (χ0v) is 14.8. The maximum absolute atomic E-state index is 12.7. The second kappa shape index (κ2) is 7.91. The Hall–Kier alpha value is -2.01. The van der Waals surface area contributed by atoms with E-state index in [1.54, 1.807) is 13.2 Å². The lowest BCUT2D eigenvalue weighted by molar-refractivity contribution is -0.137. The van der Waals surface area contributed by atoms with Gasteiger partial charge in [-0.05, 0) is 62.6 Å². The molecule has 2 aromatic rings. The van der Waals surface area contributed by atoms with Crippen molar-refractivity contribution in [2.75, 3.05) is 13.7 Å². The first-order chi connectivity index (χ1) is 11.7. The molecule has 25 heavy (non-hydrogen) atoms. The summed E-state index contributed by atoms with van der Waals surface area (Å²) in [7, 11) is 1.63. The maximum atomic E-state index is 12.7. The molecule has 2 aromatic carbocycles. The monoisotopic (exact) mass is 351 g/mol. The first-order valence-electron chi connectivity index (χ1n) is 8.28. The normalized spacial score (nSPS) is 12.2. The van der Waals surface area contributed by atoms with Gasteiger partial charge in [0.1, 0.15) is 5.75 Å². The van der Waals surface area contributed by atoms with E-state index in [9.17, 15) is 13.2 Å². The quantitative estimate of drug-likeness (QED) is 0.695. The van der Waals surface area contributed by atoms with E-state index in [0.29, 0.717) is 18.5 Å². The molecule has 1 N–H and O–H groups in total. The predicted octanol–water partition coefficient (Wildman–Crippen LogP) is 5.17. The Labute approximate surface area is 147 Å². The number of ether oxygens (including phenoxy) is 1. The van der Waals surface area contributed by atoms with Crippen LogP contribution in [0.15, 0.2) is 48.5 Å². The largest absolute Gasteiger partial charge is 0.497 e. The number of benzene rings is 2. The lowest BCUT2D eigenvalue weighted by Crippen LogP contribution is -2.37. The van der Waals surface area contributed by atoms with Crippen LogP contribution in [0.25, 0.3) is 0 Å². The molecule has 0 aromatic heterocycles. The number of hydrogen-bond donors (Lipinski definition) is 1. The zero-order valence-electron chi connectivity index (χ0n) is 14.8. The molecule has 0 fully saturated rings. The molecule has 0 amide bonds. The standard InChI is InChI=1S/C20H24F3NO/c1-19(2,16-9-5-11-18(14-16)25-3)24-12-6-8-15-7-4-10-17(13-15)20(21,22)23/h4-5,7,9-11,13-14,24H,6,8,12H2,1-3H3. The highest BCUT2D eigenvalue weighted by molar-refractivity contribution is 5.32. The van der Waals surface area contributed by atoms with Gasteiger partial charge in [-0.1, -0.05) is 30.3 Å². The molecule has 2 nitrogen and oxygen atoms in total. The minimum atomic E-state index is -4.29. The first kappa shape index (κ1) is 19.3. The van der Waals surface area contributed by atoms with Crippen LogP contribution in [0.1, 0.15) is 37.0 Å². The molecule has 0 radical (unpaired) electrons. The van der Waals surface area contributed by atoms with Crippen LogP contribution in [-0.4, -0.2) is 13.7 Å². The molecule has 0 saturated carbocycles. The van der Waals surface area contributed by atoms with E-state index in [0.717, 1.165) is 23.8 Å². The van der Waals surface area contributed by atoms with E-state index in [4.69, 9.17) is 4.74 Å². The van der Waals surface area contributed by atoms with Crippen LogP contribution in [0, 0.1) is 0 Å². The average molecular weight is 351 g/mol. The van der Waals surface area contributed by atoms with Crippen molar-refractivity contribution < 1.29 is 17.9 Å². The van der Waals surface area contributed by atoms with Crippen molar-refractivity contribution in [1.82, 2.24) is 5.32 Å². The molecule has 136 valence electrons. The highest BCUT2D eigenvalue weighted by Gasteiger charge is 2.30. The summed E-state index contributed by atoms with van der Waals surface area (Å²) in [5.74, 6) is 0.802. The van der Waals surface area contributed by atoms with E-state index in [2.05, 4.69) is 19.2 Å². The molecule has 0 aliphatic carbocycles. The summed E-state index contributed by atoms with van der Waals surface area (Å²) >= 11 is 0. The van der Waals surface area contributed by atoms with Gasteiger partial charge in [-0.15, -0.1) is 0 Å². The lowest BCUT2D eigenvalue weighted by Gasteiger charge is -2.27. The van der Waals surface area contributed by atoms with E-state index in [-0.39, 0.29) is 5.54 Å². The fraction of sp³-hybridized carbons (Fsp3) is 0.400. The molecule has 5 heteroatoms. The summed E-state index contributed by atoms with van der Waals surface area (Å²) in [4.78, 5) is 0. The van der Waals surface area contributed by atoms with Gasteiger partial charge in [-0.25, -0.2) is 0 Å². The molecule has 0 aliphatic rings. The summed E-state index contributed by atoms with van der Waals surface area (Å²) in [6.07, 6.45) is -2.93. The smallest absolute Gasteiger partial charge is 0.416 e. The number of halogens is 3. The molecule has 2 rings (SSSR count). The molecule has 0 atom stereocenters. The van der Waals surface area contributed by atoms with Crippen molar-refractivity contribution in [3.63, 3.8) is 0 Å². The molecular formula is C20H24F3NO. The van der Waals surface area contributed by atoms with Crippen LogP contribution in [0.5, 0.6) is 5.75 Å². The zero-order chi connectivity index (χ0) is 18.5. The predicted molar refractivity (Wildman–Crippen MR) is 93.8 cm³/mol. The van der Waals surface area contributed by atoms with Crippen molar-refractivity contribution >= 4 is 0 Å². The minimum absolute atomic E-state index is 0.248. The summed E-state index contributed by atoms with van der Waals surface area (Å²) < 4.78 is 43.5. The van der Waals surface area contributed by atoms with Crippen LogP contribution in [0.4, 0.5) is 13.2 Å². The molecule has 0 aliphatic heterocycles. The Morgan fingerprint density at radius 2 is 1.64 bits per heavy atom. The van der Waals surface area contributed by atoms with Gasteiger partial charge in [0.2, 0.25) is 0 Å². The fourth-order valence-electron chi connectivity index (χ4n) is 2.71. The second-order valence-corrected chi connectivity index (χ2v) is 6.59. The van der Waals surface area contributed by atoms with Crippen molar-refractivity contribution in [2.24, 2.45) is 0 Å². The van der Waals surface area contributed by atoms with Gasteiger partial charge >= 0.3 is 6.18 Å². The Kier molecular flexibility index (Phi) is 6.11. The van der Waals surface area contributed by atoms with Crippen molar-refractivity contribution in [1.29, 1.82) is 0 Å². The van der Waals surface area contributed by atoms with E-state index < -0.39 is 11.7 Å². The van der Waals surface area contributed by atoms with E-state index in [1.165, 1.54) is 12.1 Å². The highest BCUT2D eigenvalue weighted by Crippen LogP contribution is 2.29. The van der Waals surface area contributed by atoms with E-state index in [1.807, 2.05) is 24.3 Å². The lowest BCUT2D eigenvalue weighted by atomic mass is 9.94. The fourth-order valence-corrected chi connectivity index (χ4v) is 2.71. The number of rotatable bonds is 7. The van der Waals surface area contributed by atoms with Gasteiger partial charge in [0.15, 0.2) is 0 Å². The van der Waals surface area contributed by atoms with Crippen LogP contribution in [-0.2, 0) is 18.1 Å². The molecule has 0 unspecified atom stereocenters. The molecule has 0 saturated heterocycles. The highest BCUT2D eigenvalue weighted by atomic mass is 19.4. The third-order valence-corrected chi connectivity index (χ3v) is 4.25. The summed E-state index contributed by atoms with van der Waals surface area (Å²) in [6.45, 7) is 4.86. The number of hydrogen-bond acceptors (Lipinski definition) is 2. The Bertz CT molecular complexity index is 695. The summed E-state index contributed by atoms with van der Waals surface area (Å²) in [5.41, 5.74) is 0.971. The van der Waals surface area contributed by atoms with Gasteiger partial charge in [0.25, 0.3) is 0 Å². The third-order valence-electron chi connectivity index (χ3n) is 4.25. The SMILES string of the molecule is COc1cccc(C(C)(C)NCCCc2cccc(C(F)(F)F)c2)c1. The van der Waals surface area contributed by atoms with Gasteiger partial charge in [0.05, 0.1) is 12.7 Å². The topological polar surface area (TPSA) is 21.3 Å². The Morgan fingerprint density at radius 1 is 0.960 bits per heavy atom.